The summed E-state index contributed by atoms with van der Waals surface area (Å²) in [5.41, 5.74) is 3.61. The molecule has 1 saturated carbocycles. The second-order valence-electron chi connectivity index (χ2n) is 5.78. The largest absolute Gasteiger partial charge is 0.315 e. The van der Waals surface area contributed by atoms with Crippen LogP contribution in [0.4, 0.5) is 5.69 Å². The van der Waals surface area contributed by atoms with E-state index in [4.69, 9.17) is 0 Å². The van der Waals surface area contributed by atoms with E-state index in [1.807, 2.05) is 7.05 Å². The molecule has 0 unspecified atom stereocenters. The summed E-state index contributed by atoms with van der Waals surface area (Å²) < 4.78 is 0. The number of hydrogen-bond donors (Lipinski definition) is 1. The molecule has 1 aromatic carbocycles. The van der Waals surface area contributed by atoms with E-state index in [0.29, 0.717) is 6.42 Å². The summed E-state index contributed by atoms with van der Waals surface area (Å²) in [6.45, 7) is 1.05. The Bertz CT molecular complexity index is 478. The Balaban J connectivity index is 1.57. The normalized spacial score (nSPS) is 19.2. The molecular weight excluding hydrogens is 236 g/mol. The number of anilines is 1. The Kier molecular flexibility index (Phi) is 3.56. The van der Waals surface area contributed by atoms with Gasteiger partial charge in [0.25, 0.3) is 0 Å². The van der Waals surface area contributed by atoms with Crippen molar-refractivity contribution in [2.24, 2.45) is 0 Å². The van der Waals surface area contributed by atoms with Gasteiger partial charge in [-0.2, -0.15) is 0 Å². The van der Waals surface area contributed by atoms with Crippen LogP contribution in [0.25, 0.3) is 0 Å². The molecule has 3 heteroatoms. The summed E-state index contributed by atoms with van der Waals surface area (Å²) in [6, 6.07) is 7.18. The lowest BCUT2D eigenvalue weighted by Crippen LogP contribution is -2.27. The second kappa shape index (κ2) is 5.33. The van der Waals surface area contributed by atoms with E-state index < -0.39 is 0 Å². The molecule has 102 valence electrons. The third-order valence-corrected chi connectivity index (χ3v) is 4.42. The van der Waals surface area contributed by atoms with Crippen molar-refractivity contribution in [3.63, 3.8) is 0 Å². The minimum Gasteiger partial charge on any atom is -0.315 e. The molecule has 1 N–H and O–H groups in total. The average Bonchev–Trinajstić information content (AvgIpc) is 3.00. The van der Waals surface area contributed by atoms with E-state index in [9.17, 15) is 4.79 Å². The van der Waals surface area contributed by atoms with Crippen LogP contribution in [-0.2, 0) is 17.6 Å². The maximum Gasteiger partial charge on any atom is 0.231 e. The molecule has 0 saturated heterocycles. The zero-order valence-corrected chi connectivity index (χ0v) is 11.6. The van der Waals surface area contributed by atoms with Gasteiger partial charge in [-0.25, -0.2) is 0 Å². The van der Waals surface area contributed by atoms with E-state index in [-0.39, 0.29) is 5.91 Å². The smallest absolute Gasteiger partial charge is 0.231 e. The quantitative estimate of drug-likeness (QED) is 0.898. The lowest BCUT2D eigenvalue weighted by molar-refractivity contribution is -0.117. The molecule has 1 aromatic rings. The van der Waals surface area contributed by atoms with Crippen molar-refractivity contribution in [3.05, 3.63) is 29.3 Å². The number of rotatable bonds is 4. The summed E-state index contributed by atoms with van der Waals surface area (Å²) in [7, 11) is 1.86. The van der Waals surface area contributed by atoms with Crippen LogP contribution in [0, 0.1) is 0 Å². The van der Waals surface area contributed by atoms with Crippen molar-refractivity contribution in [1.82, 2.24) is 5.32 Å². The summed E-state index contributed by atoms with van der Waals surface area (Å²) in [4.78, 5) is 13.4. The maximum absolute atomic E-state index is 11.6. The summed E-state index contributed by atoms with van der Waals surface area (Å²) in [6.07, 6.45) is 7.06. The predicted octanol–water partition coefficient (Wildman–Crippen LogP) is 2.28. The molecule has 2 aliphatic rings. The van der Waals surface area contributed by atoms with Gasteiger partial charge in [0.1, 0.15) is 0 Å². The molecule has 19 heavy (non-hydrogen) atoms. The molecular formula is C16H22N2O. The highest BCUT2D eigenvalue weighted by Gasteiger charge is 2.23. The second-order valence-corrected chi connectivity index (χ2v) is 5.78. The molecule has 1 aliphatic carbocycles. The molecule has 0 atom stereocenters. The Morgan fingerprint density at radius 3 is 2.89 bits per heavy atom. The van der Waals surface area contributed by atoms with Crippen LogP contribution < -0.4 is 10.2 Å². The van der Waals surface area contributed by atoms with Gasteiger partial charge in [-0.1, -0.05) is 25.0 Å². The van der Waals surface area contributed by atoms with Crippen molar-refractivity contribution in [1.29, 1.82) is 0 Å². The molecule has 0 aromatic heterocycles. The van der Waals surface area contributed by atoms with Crippen LogP contribution in [0.1, 0.15) is 36.8 Å². The monoisotopic (exact) mass is 258 g/mol. The molecule has 3 nitrogen and oxygen atoms in total. The van der Waals surface area contributed by atoms with E-state index >= 15 is 0 Å². The summed E-state index contributed by atoms with van der Waals surface area (Å²) >= 11 is 0. The van der Waals surface area contributed by atoms with Gasteiger partial charge in [-0.3, -0.25) is 4.79 Å². The molecule has 0 spiro atoms. The van der Waals surface area contributed by atoms with Crippen LogP contribution in [0.3, 0.4) is 0 Å². The fraction of sp³-hybridized carbons (Fsp3) is 0.562. The topological polar surface area (TPSA) is 32.3 Å². The summed E-state index contributed by atoms with van der Waals surface area (Å²) in [5.74, 6) is 0.205. The zero-order valence-electron chi connectivity index (χ0n) is 11.6. The number of nitrogens with one attached hydrogen (secondary N) is 1. The average molecular weight is 258 g/mol. The lowest BCUT2D eigenvalue weighted by atomic mass is 10.1. The molecule has 1 fully saturated rings. The Labute approximate surface area is 115 Å². The van der Waals surface area contributed by atoms with E-state index in [2.05, 4.69) is 23.5 Å². The highest BCUT2D eigenvalue weighted by molar-refractivity contribution is 6.00. The number of likely N-dealkylation sites (N-methyl/N-ethyl adjacent to an activating group) is 1. The fourth-order valence-electron chi connectivity index (χ4n) is 3.23. The number of carbonyl (C=O) groups excluding carboxylic acids is 1. The highest BCUT2D eigenvalue weighted by atomic mass is 16.2. The first kappa shape index (κ1) is 12.7. The van der Waals surface area contributed by atoms with Crippen molar-refractivity contribution in [3.8, 4) is 0 Å². The number of benzene rings is 1. The van der Waals surface area contributed by atoms with Crippen molar-refractivity contribution in [2.45, 2.75) is 44.6 Å². The minimum atomic E-state index is 0.205. The van der Waals surface area contributed by atoms with Crippen LogP contribution in [-0.4, -0.2) is 25.5 Å². The van der Waals surface area contributed by atoms with Crippen LogP contribution in [0.2, 0.25) is 0 Å². The molecule has 1 amide bonds. The van der Waals surface area contributed by atoms with Gasteiger partial charge in [0.15, 0.2) is 0 Å². The van der Waals surface area contributed by atoms with E-state index in [1.54, 1.807) is 4.90 Å². The molecule has 1 heterocycles. The van der Waals surface area contributed by atoms with Crippen LogP contribution >= 0.6 is 0 Å². The van der Waals surface area contributed by atoms with Gasteiger partial charge < -0.3 is 10.2 Å². The Morgan fingerprint density at radius 1 is 1.32 bits per heavy atom. The minimum absolute atomic E-state index is 0.205. The van der Waals surface area contributed by atoms with Gasteiger partial charge in [-0.15, -0.1) is 0 Å². The van der Waals surface area contributed by atoms with E-state index in [1.165, 1.54) is 36.8 Å². The zero-order chi connectivity index (χ0) is 13.2. The third-order valence-electron chi connectivity index (χ3n) is 4.42. The van der Waals surface area contributed by atoms with Crippen LogP contribution in [0.5, 0.6) is 0 Å². The third kappa shape index (κ3) is 2.66. The van der Waals surface area contributed by atoms with Gasteiger partial charge in [0.05, 0.1) is 6.42 Å². The van der Waals surface area contributed by atoms with E-state index in [0.717, 1.165) is 24.7 Å². The SMILES string of the molecule is CN1C(=O)Cc2cc(CCNC3CCCC3)ccc21. The molecule has 3 rings (SSSR count). The maximum atomic E-state index is 11.6. The molecule has 0 radical (unpaired) electrons. The molecule has 1 aliphatic heterocycles. The van der Waals surface area contributed by atoms with Gasteiger partial charge in [0.2, 0.25) is 5.91 Å². The number of fused-ring (bicyclic) bond motifs is 1. The van der Waals surface area contributed by atoms with Crippen molar-refractivity contribution in [2.75, 3.05) is 18.5 Å². The number of carbonyl (C=O) groups is 1. The molecule has 0 bridgehead atoms. The highest BCUT2D eigenvalue weighted by Crippen LogP contribution is 2.28. The van der Waals surface area contributed by atoms with Crippen LogP contribution in [0.15, 0.2) is 18.2 Å². The van der Waals surface area contributed by atoms with Gasteiger partial charge in [-0.05, 0) is 43.0 Å². The van der Waals surface area contributed by atoms with Crippen molar-refractivity contribution >= 4 is 11.6 Å². The van der Waals surface area contributed by atoms with Gasteiger partial charge in [0, 0.05) is 18.8 Å². The first-order chi connectivity index (χ1) is 9.24. The lowest BCUT2D eigenvalue weighted by Gasteiger charge is -2.13. The summed E-state index contributed by atoms with van der Waals surface area (Å²) in [5, 5.41) is 3.64. The van der Waals surface area contributed by atoms with Gasteiger partial charge >= 0.3 is 0 Å². The number of hydrogen-bond acceptors (Lipinski definition) is 2. The standard InChI is InChI=1S/C16H22N2O/c1-18-15-7-6-12(10-13(15)11-16(18)19)8-9-17-14-4-2-3-5-14/h6-7,10,14,17H,2-5,8-9,11H2,1H3. The Hall–Kier alpha value is -1.35. The first-order valence-electron chi connectivity index (χ1n) is 7.36. The predicted molar refractivity (Wildman–Crippen MR) is 77.5 cm³/mol. The Morgan fingerprint density at radius 2 is 2.11 bits per heavy atom. The number of nitrogens with zero attached hydrogens (tertiary/aromatic N) is 1. The number of amides is 1. The van der Waals surface area contributed by atoms with Crippen molar-refractivity contribution < 1.29 is 4.79 Å². The fourth-order valence-corrected chi connectivity index (χ4v) is 3.23. The first-order valence-corrected chi connectivity index (χ1v) is 7.36.